The van der Waals surface area contributed by atoms with Crippen LogP contribution in [0.4, 0.5) is 0 Å². The van der Waals surface area contributed by atoms with Crippen molar-refractivity contribution in [2.45, 2.75) is 84.7 Å². The summed E-state index contributed by atoms with van der Waals surface area (Å²) in [6, 6.07) is 22.7. The number of hydrogen-bond donors (Lipinski definition) is 2. The third kappa shape index (κ3) is 6.94. The number of benzene rings is 2. The number of aliphatic hydroxyl groups excluding tert-OH is 1. The summed E-state index contributed by atoms with van der Waals surface area (Å²) in [4.78, 5) is 25.1. The number of hydrogen-bond acceptors (Lipinski definition) is 5. The number of carbonyl (C=O) groups is 1. The molecule has 42 heavy (non-hydrogen) atoms. The molecule has 2 heterocycles. The quantitative estimate of drug-likeness (QED) is 0.219. The highest BCUT2D eigenvalue weighted by molar-refractivity contribution is 5.83. The molecule has 1 amide bonds. The van der Waals surface area contributed by atoms with Crippen molar-refractivity contribution in [3.05, 3.63) is 129 Å². The van der Waals surface area contributed by atoms with E-state index in [0.29, 0.717) is 19.6 Å². The number of nitrogens with zero attached hydrogens (tertiary/aromatic N) is 3. The molecule has 2 N–H and O–H groups in total. The lowest BCUT2D eigenvalue weighted by molar-refractivity contribution is -0.122. The largest absolute Gasteiger partial charge is 0.392 e. The van der Waals surface area contributed by atoms with Crippen LogP contribution in [-0.2, 0) is 37.5 Å². The molecule has 2 aromatic carbocycles. The summed E-state index contributed by atoms with van der Waals surface area (Å²) in [7, 11) is 0. The van der Waals surface area contributed by atoms with Gasteiger partial charge in [0, 0.05) is 32.0 Å². The summed E-state index contributed by atoms with van der Waals surface area (Å²) >= 11 is 0. The highest BCUT2D eigenvalue weighted by Gasteiger charge is 2.28. The number of fused-ring (bicyclic) bond motifs is 1. The van der Waals surface area contributed by atoms with E-state index in [-0.39, 0.29) is 24.5 Å². The smallest absolute Gasteiger partial charge is 0.227 e. The number of carbonyl (C=O) groups excluding carboxylic acids is 1. The second kappa shape index (κ2) is 13.9. The summed E-state index contributed by atoms with van der Waals surface area (Å²) in [5.41, 5.74) is 9.86. The maximum Gasteiger partial charge on any atom is 0.227 e. The summed E-state index contributed by atoms with van der Waals surface area (Å²) in [6.45, 7) is 7.97. The molecular formula is C36H42N4O2. The Morgan fingerprint density at radius 3 is 2.62 bits per heavy atom. The van der Waals surface area contributed by atoms with Gasteiger partial charge in [-0.25, -0.2) is 0 Å². The van der Waals surface area contributed by atoms with E-state index in [9.17, 15) is 9.90 Å². The Morgan fingerprint density at radius 1 is 1.02 bits per heavy atom. The first kappa shape index (κ1) is 29.6. The molecular weight excluding hydrogens is 520 g/mol. The molecule has 218 valence electrons. The highest BCUT2D eigenvalue weighted by Crippen LogP contribution is 2.35. The van der Waals surface area contributed by atoms with Gasteiger partial charge in [0.05, 0.1) is 30.0 Å². The number of pyridine rings is 2. The molecule has 6 heteroatoms. The second-order valence-corrected chi connectivity index (χ2v) is 11.5. The van der Waals surface area contributed by atoms with Crippen LogP contribution in [0, 0.1) is 13.8 Å². The van der Waals surface area contributed by atoms with Gasteiger partial charge < -0.3 is 10.4 Å². The van der Waals surface area contributed by atoms with E-state index in [1.807, 2.05) is 61.8 Å². The average Bonchev–Trinajstić information content (AvgIpc) is 3.02. The van der Waals surface area contributed by atoms with Crippen LogP contribution in [0.25, 0.3) is 0 Å². The predicted octanol–water partition coefficient (Wildman–Crippen LogP) is 6.48. The van der Waals surface area contributed by atoms with E-state index in [4.69, 9.17) is 9.97 Å². The van der Waals surface area contributed by atoms with Gasteiger partial charge in [-0.2, -0.15) is 0 Å². The summed E-state index contributed by atoms with van der Waals surface area (Å²) in [6.07, 6.45) is 7.78. The van der Waals surface area contributed by atoms with Crippen molar-refractivity contribution in [2.24, 2.45) is 0 Å². The number of rotatable bonds is 11. The zero-order chi connectivity index (χ0) is 29.5. The molecule has 2 aromatic heterocycles. The fourth-order valence-corrected chi connectivity index (χ4v) is 6.20. The van der Waals surface area contributed by atoms with E-state index in [0.717, 1.165) is 64.9 Å². The lowest BCUT2D eigenvalue weighted by atomic mass is 9.90. The van der Waals surface area contributed by atoms with Crippen LogP contribution in [0.1, 0.15) is 88.5 Å². The van der Waals surface area contributed by atoms with Gasteiger partial charge in [-0.05, 0) is 84.5 Å². The standard InChI is InChI=1S/C36H42N4O2/c1-4-32(28-10-6-5-7-11-28)36(42)39-21-27-15-16-30(31(19-27)24-41)22-40(23-33-26(3)18-25(2)20-38-33)34-14-8-12-29-13-9-17-37-35(29)34/h5-7,9-11,13,15-20,32,34,41H,4,8,12,14,21-24H2,1-3H3,(H,39,42)/t32?,34-/m0/s1. The van der Waals surface area contributed by atoms with Gasteiger partial charge in [-0.1, -0.05) is 67.6 Å². The van der Waals surface area contributed by atoms with Crippen molar-refractivity contribution in [2.75, 3.05) is 0 Å². The molecule has 0 fully saturated rings. The van der Waals surface area contributed by atoms with Crippen molar-refractivity contribution < 1.29 is 9.90 Å². The molecule has 0 spiro atoms. The maximum absolute atomic E-state index is 13.0. The van der Waals surface area contributed by atoms with E-state index in [1.165, 1.54) is 11.1 Å². The topological polar surface area (TPSA) is 78.4 Å². The minimum absolute atomic E-state index is 0.0222. The van der Waals surface area contributed by atoms with Crippen molar-refractivity contribution in [3.8, 4) is 0 Å². The van der Waals surface area contributed by atoms with Crippen molar-refractivity contribution in [1.29, 1.82) is 0 Å². The third-order valence-corrected chi connectivity index (χ3v) is 8.49. The molecule has 0 aliphatic heterocycles. The summed E-state index contributed by atoms with van der Waals surface area (Å²) in [5, 5.41) is 13.5. The Labute approximate surface area is 249 Å². The first-order chi connectivity index (χ1) is 20.5. The maximum atomic E-state index is 13.0. The molecule has 2 atom stereocenters. The van der Waals surface area contributed by atoms with Crippen LogP contribution >= 0.6 is 0 Å². The van der Waals surface area contributed by atoms with Gasteiger partial charge in [0.25, 0.3) is 0 Å². The third-order valence-electron chi connectivity index (χ3n) is 8.49. The first-order valence-corrected chi connectivity index (χ1v) is 15.1. The van der Waals surface area contributed by atoms with Crippen molar-refractivity contribution in [3.63, 3.8) is 0 Å². The molecule has 6 nitrogen and oxygen atoms in total. The predicted molar refractivity (Wildman–Crippen MR) is 167 cm³/mol. The Hall–Kier alpha value is -3.87. The van der Waals surface area contributed by atoms with E-state index in [2.05, 4.69) is 48.3 Å². The monoisotopic (exact) mass is 562 g/mol. The zero-order valence-electron chi connectivity index (χ0n) is 25.0. The average molecular weight is 563 g/mol. The molecule has 1 unspecified atom stereocenters. The van der Waals surface area contributed by atoms with E-state index in [1.54, 1.807) is 0 Å². The highest BCUT2D eigenvalue weighted by atomic mass is 16.3. The van der Waals surface area contributed by atoms with Gasteiger partial charge in [0.2, 0.25) is 5.91 Å². The summed E-state index contributed by atoms with van der Waals surface area (Å²) < 4.78 is 0. The number of aliphatic hydroxyl groups is 1. The van der Waals surface area contributed by atoms with Gasteiger partial charge in [0.15, 0.2) is 0 Å². The Morgan fingerprint density at radius 2 is 1.86 bits per heavy atom. The van der Waals surface area contributed by atoms with Gasteiger partial charge in [0.1, 0.15) is 0 Å². The van der Waals surface area contributed by atoms with Crippen LogP contribution in [0.3, 0.4) is 0 Å². The van der Waals surface area contributed by atoms with Crippen molar-refractivity contribution >= 4 is 5.91 Å². The lowest BCUT2D eigenvalue weighted by Crippen LogP contribution is -2.32. The van der Waals surface area contributed by atoms with Gasteiger partial charge in [-0.3, -0.25) is 19.7 Å². The Balaban J connectivity index is 1.37. The summed E-state index contributed by atoms with van der Waals surface area (Å²) in [5.74, 6) is -0.156. The van der Waals surface area contributed by atoms with Crippen LogP contribution in [0.5, 0.6) is 0 Å². The van der Waals surface area contributed by atoms with Crippen LogP contribution in [0.15, 0.2) is 79.1 Å². The molecule has 1 aliphatic rings. The molecule has 0 radical (unpaired) electrons. The minimum atomic E-state index is -0.179. The first-order valence-electron chi connectivity index (χ1n) is 15.1. The Bertz CT molecular complexity index is 1500. The van der Waals surface area contributed by atoms with E-state index >= 15 is 0 Å². The normalized spacial score (nSPS) is 15.3. The number of aryl methyl sites for hydroxylation is 3. The molecule has 0 saturated heterocycles. The fourth-order valence-electron chi connectivity index (χ4n) is 6.20. The second-order valence-electron chi connectivity index (χ2n) is 11.5. The number of amides is 1. The van der Waals surface area contributed by atoms with Crippen LogP contribution in [0.2, 0.25) is 0 Å². The molecule has 0 saturated carbocycles. The fraction of sp³-hybridized carbons (Fsp3) is 0.361. The molecule has 1 aliphatic carbocycles. The minimum Gasteiger partial charge on any atom is -0.392 e. The van der Waals surface area contributed by atoms with Gasteiger partial charge in [-0.15, -0.1) is 0 Å². The molecule has 0 bridgehead atoms. The van der Waals surface area contributed by atoms with E-state index < -0.39 is 0 Å². The van der Waals surface area contributed by atoms with Crippen molar-refractivity contribution in [1.82, 2.24) is 20.2 Å². The van der Waals surface area contributed by atoms with Crippen LogP contribution < -0.4 is 5.32 Å². The van der Waals surface area contributed by atoms with Gasteiger partial charge >= 0.3 is 0 Å². The molecule has 4 aromatic rings. The zero-order valence-corrected chi connectivity index (χ0v) is 25.0. The van der Waals surface area contributed by atoms with Crippen LogP contribution in [-0.4, -0.2) is 25.9 Å². The number of nitrogens with one attached hydrogen (secondary N) is 1. The lowest BCUT2D eigenvalue weighted by Gasteiger charge is -2.35. The SMILES string of the molecule is CCC(C(=O)NCc1ccc(CN(Cc2ncc(C)cc2C)[C@H]2CCCc3cccnc32)c(CO)c1)c1ccccc1. The molecule has 5 rings (SSSR count). The number of aromatic nitrogens is 2. The Kier molecular flexibility index (Phi) is 9.78.